The van der Waals surface area contributed by atoms with Crippen molar-refractivity contribution in [3.05, 3.63) is 36.4 Å². The van der Waals surface area contributed by atoms with Crippen molar-refractivity contribution in [3.63, 3.8) is 0 Å². The van der Waals surface area contributed by atoms with E-state index in [1.165, 1.54) is 6.07 Å². The molecule has 0 bridgehead atoms. The second-order valence-corrected chi connectivity index (χ2v) is 8.16. The van der Waals surface area contributed by atoms with Crippen molar-refractivity contribution in [3.8, 4) is 5.75 Å². The van der Waals surface area contributed by atoms with Crippen LogP contribution in [0.4, 0.5) is 26.3 Å². The Hall–Kier alpha value is -1.65. The van der Waals surface area contributed by atoms with Gasteiger partial charge in [-0.1, -0.05) is 18.2 Å². The fourth-order valence-electron chi connectivity index (χ4n) is 2.59. The molecule has 10 heteroatoms. The number of ether oxygens (including phenoxy) is 3. The highest BCUT2D eigenvalue weighted by molar-refractivity contribution is 7.95. The molecule has 2 aromatic carbocycles. The molecule has 0 aliphatic carbocycles. The van der Waals surface area contributed by atoms with E-state index in [2.05, 4.69) is 9.47 Å². The Morgan fingerprint density at radius 3 is 1.93 bits per heavy atom. The van der Waals surface area contributed by atoms with Crippen LogP contribution in [-0.4, -0.2) is 51.0 Å². The van der Waals surface area contributed by atoms with Crippen molar-refractivity contribution in [2.45, 2.75) is 22.8 Å². The lowest BCUT2D eigenvalue weighted by molar-refractivity contribution is -0.397. The van der Waals surface area contributed by atoms with Gasteiger partial charge in [0.25, 0.3) is 5.60 Å². The number of hydrogen-bond donors (Lipinski definition) is 0. The zero-order chi connectivity index (χ0) is 21.2. The lowest BCUT2D eigenvalue weighted by atomic mass is 10.0. The van der Waals surface area contributed by atoms with Crippen LogP contribution >= 0.6 is 0 Å². The van der Waals surface area contributed by atoms with E-state index in [9.17, 15) is 26.3 Å². The third-order valence-corrected chi connectivity index (χ3v) is 5.29. The first-order valence-corrected chi connectivity index (χ1v) is 9.97. The third kappa shape index (κ3) is 4.33. The first-order valence-electron chi connectivity index (χ1n) is 7.93. The maximum absolute atomic E-state index is 13.4. The molecule has 0 atom stereocenters. The quantitative estimate of drug-likeness (QED) is 0.355. The summed E-state index contributed by atoms with van der Waals surface area (Å²) in [7, 11) is 0.756. The monoisotopic (exact) mass is 429 g/mol. The zero-order valence-electron chi connectivity index (χ0n) is 15.3. The molecule has 0 unspecified atom stereocenters. The standard InChI is InChI=1S/C18H19F6O3S/c1-25-11-27-16(17(19,20)21,18(22,23)24)10-26-14-8-9-15(28(2)3)13-7-5-4-6-12(13)14/h4-9H,10-11H2,1-3H3/q+1. The maximum atomic E-state index is 13.4. The Bertz CT molecular complexity index is 790. The molecule has 0 aromatic heterocycles. The lowest BCUT2D eigenvalue weighted by Gasteiger charge is -2.36. The Kier molecular flexibility index (Phi) is 6.78. The van der Waals surface area contributed by atoms with E-state index in [4.69, 9.17) is 4.74 Å². The summed E-state index contributed by atoms with van der Waals surface area (Å²) >= 11 is 0. The van der Waals surface area contributed by atoms with Gasteiger partial charge in [0, 0.05) is 28.8 Å². The number of hydrogen-bond acceptors (Lipinski definition) is 3. The fourth-order valence-corrected chi connectivity index (χ4v) is 3.55. The molecule has 0 saturated carbocycles. The highest BCUT2D eigenvalue weighted by Crippen LogP contribution is 2.46. The number of benzene rings is 2. The number of alkyl halides is 6. The van der Waals surface area contributed by atoms with Crippen molar-refractivity contribution in [1.82, 2.24) is 0 Å². The smallest absolute Gasteiger partial charge is 0.430 e. The van der Waals surface area contributed by atoms with E-state index < -0.39 is 31.4 Å². The Morgan fingerprint density at radius 2 is 1.43 bits per heavy atom. The Balaban J connectivity index is 2.47. The van der Waals surface area contributed by atoms with Crippen molar-refractivity contribution in [2.24, 2.45) is 0 Å². The molecular weight excluding hydrogens is 410 g/mol. The zero-order valence-corrected chi connectivity index (χ0v) is 16.1. The van der Waals surface area contributed by atoms with E-state index in [1.54, 1.807) is 30.3 Å². The average Bonchev–Trinajstić information content (AvgIpc) is 2.59. The Labute approximate surface area is 160 Å². The largest absolute Gasteiger partial charge is 0.489 e. The van der Waals surface area contributed by atoms with Gasteiger partial charge in [0.15, 0.2) is 4.90 Å². The second-order valence-electron chi connectivity index (χ2n) is 6.09. The van der Waals surface area contributed by atoms with Gasteiger partial charge in [-0.3, -0.25) is 0 Å². The maximum Gasteiger partial charge on any atom is 0.430 e. The van der Waals surface area contributed by atoms with Crippen molar-refractivity contribution in [2.75, 3.05) is 33.0 Å². The summed E-state index contributed by atoms with van der Waals surface area (Å²) in [6, 6.07) is 9.70. The predicted molar refractivity (Wildman–Crippen MR) is 94.7 cm³/mol. The summed E-state index contributed by atoms with van der Waals surface area (Å²) in [5.41, 5.74) is -4.52. The summed E-state index contributed by atoms with van der Waals surface area (Å²) in [5.74, 6) is -0.0938. The topological polar surface area (TPSA) is 27.7 Å². The van der Waals surface area contributed by atoms with Crippen LogP contribution in [0.5, 0.6) is 5.75 Å². The molecule has 0 spiro atoms. The second kappa shape index (κ2) is 8.38. The number of rotatable bonds is 7. The van der Waals surface area contributed by atoms with Gasteiger partial charge in [-0.15, -0.1) is 0 Å². The van der Waals surface area contributed by atoms with Crippen LogP contribution in [0.2, 0.25) is 0 Å². The molecule has 3 nitrogen and oxygen atoms in total. The first-order chi connectivity index (χ1) is 12.9. The fraction of sp³-hybridized carbons (Fsp3) is 0.444. The van der Waals surface area contributed by atoms with Gasteiger partial charge < -0.3 is 14.2 Å². The molecule has 0 fully saturated rings. The number of halogens is 6. The average molecular weight is 429 g/mol. The molecule has 0 aliphatic heterocycles. The normalized spacial score (nSPS) is 13.4. The van der Waals surface area contributed by atoms with E-state index in [-0.39, 0.29) is 16.6 Å². The first kappa shape index (κ1) is 22.6. The minimum Gasteiger partial charge on any atom is -0.489 e. The summed E-state index contributed by atoms with van der Waals surface area (Å²) in [4.78, 5) is 0.927. The van der Waals surface area contributed by atoms with Crippen LogP contribution in [0.15, 0.2) is 41.3 Å². The molecule has 28 heavy (non-hydrogen) atoms. The van der Waals surface area contributed by atoms with Crippen LogP contribution < -0.4 is 4.74 Å². The minimum absolute atomic E-state index is 0.0938. The summed E-state index contributed by atoms with van der Waals surface area (Å²) in [6.07, 6.45) is -7.61. The molecule has 0 aliphatic rings. The van der Waals surface area contributed by atoms with Crippen molar-refractivity contribution in [1.29, 1.82) is 0 Å². The van der Waals surface area contributed by atoms with Gasteiger partial charge in [-0.05, 0) is 18.2 Å². The number of methoxy groups -OCH3 is 1. The van der Waals surface area contributed by atoms with Gasteiger partial charge in [0.1, 0.15) is 31.7 Å². The highest BCUT2D eigenvalue weighted by atomic mass is 32.2. The molecule has 2 rings (SSSR count). The number of fused-ring (bicyclic) bond motifs is 1. The summed E-state index contributed by atoms with van der Waals surface area (Å²) in [5, 5.41) is 1.13. The van der Waals surface area contributed by atoms with Crippen LogP contribution in [0.25, 0.3) is 10.8 Å². The summed E-state index contributed by atoms with van der Waals surface area (Å²) < 4.78 is 93.8. The summed E-state index contributed by atoms with van der Waals surface area (Å²) in [6.45, 7) is -2.99. The van der Waals surface area contributed by atoms with Crippen LogP contribution in [-0.2, 0) is 20.4 Å². The van der Waals surface area contributed by atoms with Crippen molar-refractivity contribution >= 4 is 21.7 Å². The van der Waals surface area contributed by atoms with Crippen LogP contribution in [0, 0.1) is 0 Å². The van der Waals surface area contributed by atoms with E-state index in [0.29, 0.717) is 10.8 Å². The molecular formula is C18H19F6O3S+. The molecule has 156 valence electrons. The van der Waals surface area contributed by atoms with E-state index in [0.717, 1.165) is 12.0 Å². The Morgan fingerprint density at radius 1 is 0.857 bits per heavy atom. The van der Waals surface area contributed by atoms with Gasteiger partial charge in [0.2, 0.25) is 0 Å². The molecule has 0 heterocycles. The molecule has 0 amide bonds. The molecule has 2 aromatic rings. The van der Waals surface area contributed by atoms with Crippen molar-refractivity contribution < 1.29 is 40.6 Å². The molecule has 0 N–H and O–H groups in total. The van der Waals surface area contributed by atoms with E-state index >= 15 is 0 Å². The van der Waals surface area contributed by atoms with Gasteiger partial charge in [-0.2, -0.15) is 26.3 Å². The van der Waals surface area contributed by atoms with Crippen LogP contribution in [0.3, 0.4) is 0 Å². The van der Waals surface area contributed by atoms with Crippen LogP contribution in [0.1, 0.15) is 0 Å². The molecule has 0 saturated heterocycles. The van der Waals surface area contributed by atoms with Gasteiger partial charge in [0.05, 0.1) is 0 Å². The predicted octanol–water partition coefficient (Wildman–Crippen LogP) is 4.94. The molecule has 0 radical (unpaired) electrons. The third-order valence-electron chi connectivity index (χ3n) is 4.05. The van der Waals surface area contributed by atoms with Gasteiger partial charge >= 0.3 is 12.4 Å². The minimum atomic E-state index is -5.77. The van der Waals surface area contributed by atoms with E-state index in [1.807, 2.05) is 12.5 Å². The SMILES string of the molecule is COCOC(COc1ccc([S+](C)C)c2ccccc12)(C(F)(F)F)C(F)(F)F. The highest BCUT2D eigenvalue weighted by Gasteiger charge is 2.73. The lowest BCUT2D eigenvalue weighted by Crippen LogP contribution is -2.62. The van der Waals surface area contributed by atoms with Gasteiger partial charge in [-0.25, -0.2) is 0 Å².